The first-order valence-corrected chi connectivity index (χ1v) is 9.10. The Kier molecular flexibility index (Phi) is 4.94. The molecule has 0 radical (unpaired) electrons. The molecule has 1 N–H and O–H groups in total. The van der Waals surface area contributed by atoms with Crippen LogP contribution in [0.4, 0.5) is 0 Å². The average molecular weight is 311 g/mol. The summed E-state index contributed by atoms with van der Waals surface area (Å²) in [6.07, 6.45) is 2.56. The minimum Gasteiger partial charge on any atom is -0.493 e. The summed E-state index contributed by atoms with van der Waals surface area (Å²) in [6.45, 7) is 6.21. The smallest absolute Gasteiger partial charge is 0.158 e. The number of benzene rings is 1. The van der Waals surface area contributed by atoms with Crippen molar-refractivity contribution in [1.82, 2.24) is 5.32 Å². The van der Waals surface area contributed by atoms with Crippen LogP contribution in [0.5, 0.6) is 5.75 Å². The lowest BCUT2D eigenvalue weighted by Gasteiger charge is -2.19. The second-order valence-corrected chi connectivity index (χ2v) is 9.44. The highest BCUT2D eigenvalue weighted by molar-refractivity contribution is 7.92. The second-order valence-electron chi connectivity index (χ2n) is 6.58. The quantitative estimate of drug-likeness (QED) is 0.841. The molecule has 0 atom stereocenters. The highest BCUT2D eigenvalue weighted by Gasteiger charge is 2.28. The topological polar surface area (TPSA) is 55.4 Å². The number of hydrogen-bond acceptors (Lipinski definition) is 4. The molecule has 4 nitrogen and oxygen atoms in total. The number of nitrogens with one attached hydrogen (secondary N) is 1. The summed E-state index contributed by atoms with van der Waals surface area (Å²) in [5.41, 5.74) is 1.22. The highest BCUT2D eigenvalue weighted by Crippen LogP contribution is 2.20. The van der Waals surface area contributed by atoms with Gasteiger partial charge in [0.25, 0.3) is 0 Å². The summed E-state index contributed by atoms with van der Waals surface area (Å²) in [5, 5.41) is 3.45. The fraction of sp³-hybridized carbons (Fsp3) is 0.625. The molecule has 5 heteroatoms. The minimum atomic E-state index is -3.12. The van der Waals surface area contributed by atoms with E-state index in [9.17, 15) is 8.42 Å². The molecular formula is C16H25NO3S. The molecule has 1 aromatic rings. The molecule has 1 aliphatic carbocycles. The van der Waals surface area contributed by atoms with E-state index in [1.807, 2.05) is 24.3 Å². The number of sulfone groups is 1. The first-order valence-electron chi connectivity index (χ1n) is 7.45. The van der Waals surface area contributed by atoms with Gasteiger partial charge in [-0.05, 0) is 51.3 Å². The molecule has 1 fully saturated rings. The lowest BCUT2D eigenvalue weighted by molar-refractivity contribution is 0.339. The summed E-state index contributed by atoms with van der Waals surface area (Å²) in [4.78, 5) is 0. The maximum Gasteiger partial charge on any atom is 0.158 e. The molecule has 0 bridgehead atoms. The summed E-state index contributed by atoms with van der Waals surface area (Å²) in [5.74, 6) is 0.760. The van der Waals surface area contributed by atoms with E-state index in [1.54, 1.807) is 20.8 Å². The van der Waals surface area contributed by atoms with Crippen LogP contribution in [0.2, 0.25) is 0 Å². The van der Waals surface area contributed by atoms with Gasteiger partial charge in [0.1, 0.15) is 12.4 Å². The molecule has 2 rings (SSSR count). The first kappa shape index (κ1) is 16.3. The van der Waals surface area contributed by atoms with Crippen LogP contribution in [0.25, 0.3) is 0 Å². The van der Waals surface area contributed by atoms with Crippen molar-refractivity contribution >= 4 is 9.84 Å². The van der Waals surface area contributed by atoms with Crippen LogP contribution in [-0.2, 0) is 16.4 Å². The van der Waals surface area contributed by atoms with Gasteiger partial charge in [0, 0.05) is 12.6 Å². The molecule has 0 aliphatic heterocycles. The Labute approximate surface area is 127 Å². The molecule has 1 aliphatic rings. The Morgan fingerprint density at radius 3 is 2.33 bits per heavy atom. The fourth-order valence-electron chi connectivity index (χ4n) is 1.83. The molecule has 0 amide bonds. The van der Waals surface area contributed by atoms with Crippen molar-refractivity contribution in [2.75, 3.05) is 12.4 Å². The first-order chi connectivity index (χ1) is 9.78. The lowest BCUT2D eigenvalue weighted by atomic mass is 10.2. The van der Waals surface area contributed by atoms with Crippen molar-refractivity contribution in [3.05, 3.63) is 29.8 Å². The molecule has 0 spiro atoms. The van der Waals surface area contributed by atoms with Gasteiger partial charge >= 0.3 is 0 Å². The van der Waals surface area contributed by atoms with Crippen LogP contribution >= 0.6 is 0 Å². The van der Waals surface area contributed by atoms with Crippen LogP contribution in [0.1, 0.15) is 39.2 Å². The zero-order valence-corrected chi connectivity index (χ0v) is 13.9. The van der Waals surface area contributed by atoms with Gasteiger partial charge in [0.2, 0.25) is 0 Å². The van der Waals surface area contributed by atoms with Gasteiger partial charge in [-0.1, -0.05) is 12.1 Å². The largest absolute Gasteiger partial charge is 0.493 e. The summed E-state index contributed by atoms with van der Waals surface area (Å²) >= 11 is 0. The van der Waals surface area contributed by atoms with E-state index in [0.29, 0.717) is 11.8 Å². The van der Waals surface area contributed by atoms with Crippen molar-refractivity contribution in [2.45, 2.75) is 50.9 Å². The van der Waals surface area contributed by atoms with Crippen molar-refractivity contribution in [1.29, 1.82) is 0 Å². The van der Waals surface area contributed by atoms with E-state index < -0.39 is 14.6 Å². The molecule has 1 aromatic carbocycles. The predicted molar refractivity (Wildman–Crippen MR) is 85.3 cm³/mol. The summed E-state index contributed by atoms with van der Waals surface area (Å²) in [7, 11) is -3.12. The van der Waals surface area contributed by atoms with Crippen LogP contribution in [0.15, 0.2) is 24.3 Å². The van der Waals surface area contributed by atoms with Gasteiger partial charge < -0.3 is 10.1 Å². The third-order valence-electron chi connectivity index (χ3n) is 3.65. The summed E-state index contributed by atoms with van der Waals surface area (Å²) in [6, 6.07) is 8.52. The van der Waals surface area contributed by atoms with Crippen molar-refractivity contribution in [3.63, 3.8) is 0 Å². The zero-order valence-electron chi connectivity index (χ0n) is 13.1. The monoisotopic (exact) mass is 311 g/mol. The molecule has 21 heavy (non-hydrogen) atoms. The van der Waals surface area contributed by atoms with E-state index >= 15 is 0 Å². The van der Waals surface area contributed by atoms with Gasteiger partial charge in [0.05, 0.1) is 10.5 Å². The van der Waals surface area contributed by atoms with Gasteiger partial charge in [0.15, 0.2) is 9.84 Å². The van der Waals surface area contributed by atoms with Gasteiger partial charge in [-0.2, -0.15) is 0 Å². The molecule has 0 saturated heterocycles. The molecule has 0 heterocycles. The van der Waals surface area contributed by atoms with E-state index in [4.69, 9.17) is 4.74 Å². The number of ether oxygens (including phenoxy) is 1. The molecule has 0 unspecified atom stereocenters. The Morgan fingerprint density at radius 1 is 1.19 bits per heavy atom. The predicted octanol–water partition coefficient (Wildman–Crippen LogP) is 2.53. The van der Waals surface area contributed by atoms with Gasteiger partial charge in [-0.15, -0.1) is 0 Å². The van der Waals surface area contributed by atoms with E-state index in [0.717, 1.165) is 6.54 Å². The molecular weight excluding hydrogens is 286 g/mol. The van der Waals surface area contributed by atoms with E-state index in [1.165, 1.54) is 18.4 Å². The Balaban J connectivity index is 1.78. The molecule has 118 valence electrons. The Morgan fingerprint density at radius 2 is 1.81 bits per heavy atom. The molecule has 0 aromatic heterocycles. The Hall–Kier alpha value is -1.07. The van der Waals surface area contributed by atoms with Crippen molar-refractivity contribution in [3.8, 4) is 5.75 Å². The zero-order chi connectivity index (χ0) is 15.5. The maximum atomic E-state index is 12.0. The second kappa shape index (κ2) is 6.36. The number of hydrogen-bond donors (Lipinski definition) is 1. The van der Waals surface area contributed by atoms with Crippen LogP contribution in [0.3, 0.4) is 0 Å². The van der Waals surface area contributed by atoms with Gasteiger partial charge in [-0.3, -0.25) is 0 Å². The van der Waals surface area contributed by atoms with Crippen molar-refractivity contribution in [2.24, 2.45) is 0 Å². The van der Waals surface area contributed by atoms with E-state index in [2.05, 4.69) is 5.32 Å². The normalized spacial score (nSPS) is 16.0. The lowest BCUT2D eigenvalue weighted by Crippen LogP contribution is -2.32. The third-order valence-corrected chi connectivity index (χ3v) is 6.22. The van der Waals surface area contributed by atoms with Crippen LogP contribution in [0, 0.1) is 0 Å². The Bertz CT molecular complexity index is 554. The standard InChI is InChI=1S/C16H25NO3S/c1-16(2,3)21(18,19)11-10-20-15-8-4-13(5-9-15)12-17-14-6-7-14/h4-5,8-9,14,17H,6-7,10-12H2,1-3H3. The van der Waals surface area contributed by atoms with Gasteiger partial charge in [-0.25, -0.2) is 8.42 Å². The highest BCUT2D eigenvalue weighted by atomic mass is 32.2. The fourth-order valence-corrected chi connectivity index (χ4v) is 2.74. The molecule has 1 saturated carbocycles. The van der Waals surface area contributed by atoms with Crippen LogP contribution in [-0.4, -0.2) is 31.6 Å². The third kappa shape index (κ3) is 5.00. The van der Waals surface area contributed by atoms with Crippen molar-refractivity contribution < 1.29 is 13.2 Å². The SMILES string of the molecule is CC(C)(C)S(=O)(=O)CCOc1ccc(CNC2CC2)cc1. The van der Waals surface area contributed by atoms with Crippen LogP contribution < -0.4 is 10.1 Å². The maximum absolute atomic E-state index is 12.0. The average Bonchev–Trinajstić information content (AvgIpc) is 3.20. The van der Waals surface area contributed by atoms with E-state index in [-0.39, 0.29) is 12.4 Å². The minimum absolute atomic E-state index is 0.0431. The number of rotatable bonds is 7. The summed E-state index contributed by atoms with van der Waals surface area (Å²) < 4.78 is 28.7.